The van der Waals surface area contributed by atoms with E-state index in [-0.39, 0.29) is 12.4 Å². The van der Waals surface area contributed by atoms with E-state index < -0.39 is 5.97 Å². The van der Waals surface area contributed by atoms with E-state index in [9.17, 15) is 4.79 Å². The van der Waals surface area contributed by atoms with Gasteiger partial charge in [-0.05, 0) is 32.9 Å². The van der Waals surface area contributed by atoms with Gasteiger partial charge in [0.25, 0.3) is 5.89 Å². The van der Waals surface area contributed by atoms with Crippen LogP contribution in [0.5, 0.6) is 0 Å². The van der Waals surface area contributed by atoms with Crippen LogP contribution in [0, 0.1) is 13.8 Å². The summed E-state index contributed by atoms with van der Waals surface area (Å²) in [4.78, 5) is 11.8. The van der Waals surface area contributed by atoms with Crippen LogP contribution in [0.1, 0.15) is 18.2 Å². The number of aryl methyl sites for hydroxylation is 2. The summed E-state index contributed by atoms with van der Waals surface area (Å²) in [6, 6.07) is 7.72. The van der Waals surface area contributed by atoms with Gasteiger partial charge in [0.1, 0.15) is 12.2 Å². The molecule has 2 heterocycles. The molecule has 0 N–H and O–H groups in total. The van der Waals surface area contributed by atoms with Crippen LogP contribution in [0.2, 0.25) is 5.02 Å². The molecule has 0 aliphatic carbocycles. The van der Waals surface area contributed by atoms with Gasteiger partial charge < -0.3 is 9.15 Å². The zero-order chi connectivity index (χ0) is 18.0. The van der Waals surface area contributed by atoms with Gasteiger partial charge in [-0.15, -0.1) is 10.2 Å². The van der Waals surface area contributed by atoms with Crippen LogP contribution in [0.4, 0.5) is 0 Å². The molecule has 0 aliphatic rings. The smallest absolute Gasteiger partial charge is 0.327 e. The van der Waals surface area contributed by atoms with E-state index in [1.54, 1.807) is 13.8 Å². The Morgan fingerprint density at radius 3 is 2.76 bits per heavy atom. The number of hydrogen-bond donors (Lipinski definition) is 0. The van der Waals surface area contributed by atoms with E-state index in [4.69, 9.17) is 20.8 Å². The van der Waals surface area contributed by atoms with Crippen LogP contribution in [-0.4, -0.2) is 32.6 Å². The molecule has 0 amide bonds. The lowest BCUT2D eigenvalue weighted by molar-refractivity contribution is -0.144. The SMILES string of the molecule is CCOC(=O)Cn1nc(C)c(Cl)c1-c1nnc(-c2cccc(C)c2)o1. The summed E-state index contributed by atoms with van der Waals surface area (Å²) in [6.07, 6.45) is 0. The summed E-state index contributed by atoms with van der Waals surface area (Å²) in [7, 11) is 0. The number of carbonyl (C=O) groups is 1. The second-order valence-electron chi connectivity index (χ2n) is 5.49. The molecule has 0 saturated carbocycles. The Kier molecular flexibility index (Phi) is 4.85. The van der Waals surface area contributed by atoms with Crippen molar-refractivity contribution in [1.29, 1.82) is 0 Å². The summed E-state index contributed by atoms with van der Waals surface area (Å²) in [5.41, 5.74) is 2.86. The largest absolute Gasteiger partial charge is 0.465 e. The molecule has 0 unspecified atom stereocenters. The minimum atomic E-state index is -0.415. The van der Waals surface area contributed by atoms with E-state index in [1.807, 2.05) is 31.2 Å². The highest BCUT2D eigenvalue weighted by molar-refractivity contribution is 6.33. The van der Waals surface area contributed by atoms with Gasteiger partial charge in [-0.3, -0.25) is 4.79 Å². The van der Waals surface area contributed by atoms with E-state index in [0.29, 0.717) is 28.9 Å². The van der Waals surface area contributed by atoms with Crippen LogP contribution in [0.3, 0.4) is 0 Å². The lowest BCUT2D eigenvalue weighted by atomic mass is 10.1. The average molecular weight is 361 g/mol. The third-order valence-corrected chi connectivity index (χ3v) is 3.98. The Labute approximate surface area is 149 Å². The van der Waals surface area contributed by atoms with Crippen molar-refractivity contribution in [1.82, 2.24) is 20.0 Å². The maximum Gasteiger partial charge on any atom is 0.327 e. The molecule has 7 nitrogen and oxygen atoms in total. The molecular formula is C17H17ClN4O3. The zero-order valence-electron chi connectivity index (χ0n) is 14.1. The Hall–Kier alpha value is -2.67. The normalized spacial score (nSPS) is 10.9. The van der Waals surface area contributed by atoms with Gasteiger partial charge in [0, 0.05) is 5.56 Å². The first-order chi connectivity index (χ1) is 12.0. The molecule has 8 heteroatoms. The number of halogens is 1. The van der Waals surface area contributed by atoms with Crippen molar-refractivity contribution >= 4 is 17.6 Å². The Morgan fingerprint density at radius 2 is 2.04 bits per heavy atom. The highest BCUT2D eigenvalue weighted by Gasteiger charge is 2.23. The van der Waals surface area contributed by atoms with Crippen molar-refractivity contribution in [3.05, 3.63) is 40.5 Å². The first-order valence-electron chi connectivity index (χ1n) is 7.79. The Balaban J connectivity index is 1.98. The van der Waals surface area contributed by atoms with Crippen molar-refractivity contribution in [2.45, 2.75) is 27.3 Å². The van der Waals surface area contributed by atoms with Gasteiger partial charge in [0.2, 0.25) is 5.89 Å². The lowest BCUT2D eigenvalue weighted by Gasteiger charge is -2.04. The van der Waals surface area contributed by atoms with Crippen LogP contribution < -0.4 is 0 Å². The number of esters is 1. The molecule has 0 bridgehead atoms. The maximum absolute atomic E-state index is 11.8. The van der Waals surface area contributed by atoms with Crippen molar-refractivity contribution in [3.8, 4) is 23.0 Å². The molecular weight excluding hydrogens is 344 g/mol. The van der Waals surface area contributed by atoms with Crippen LogP contribution in [0.15, 0.2) is 28.7 Å². The summed E-state index contributed by atoms with van der Waals surface area (Å²) in [5.74, 6) is 0.157. The molecule has 25 heavy (non-hydrogen) atoms. The zero-order valence-corrected chi connectivity index (χ0v) is 14.9. The number of aromatic nitrogens is 4. The average Bonchev–Trinajstić information content (AvgIpc) is 3.13. The summed E-state index contributed by atoms with van der Waals surface area (Å²) in [6.45, 7) is 5.67. The highest BCUT2D eigenvalue weighted by atomic mass is 35.5. The van der Waals surface area contributed by atoms with E-state index in [0.717, 1.165) is 11.1 Å². The van der Waals surface area contributed by atoms with Crippen LogP contribution in [-0.2, 0) is 16.1 Å². The van der Waals surface area contributed by atoms with Gasteiger partial charge in [-0.1, -0.05) is 29.3 Å². The number of ether oxygens (including phenoxy) is 1. The van der Waals surface area contributed by atoms with Gasteiger partial charge in [0.05, 0.1) is 17.3 Å². The third kappa shape index (κ3) is 3.56. The van der Waals surface area contributed by atoms with Gasteiger partial charge in [-0.2, -0.15) is 5.10 Å². The molecule has 0 aliphatic heterocycles. The molecule has 0 spiro atoms. The fourth-order valence-electron chi connectivity index (χ4n) is 2.42. The molecule has 0 saturated heterocycles. The molecule has 1 aromatic carbocycles. The fraction of sp³-hybridized carbons (Fsp3) is 0.294. The summed E-state index contributed by atoms with van der Waals surface area (Å²) in [5, 5.41) is 12.8. The van der Waals surface area contributed by atoms with Crippen LogP contribution in [0.25, 0.3) is 23.0 Å². The highest BCUT2D eigenvalue weighted by Crippen LogP contribution is 2.31. The fourth-order valence-corrected chi connectivity index (χ4v) is 2.64. The van der Waals surface area contributed by atoms with Crippen molar-refractivity contribution in [2.24, 2.45) is 0 Å². The second-order valence-corrected chi connectivity index (χ2v) is 5.87. The molecule has 3 aromatic rings. The summed E-state index contributed by atoms with van der Waals surface area (Å²) >= 11 is 6.33. The summed E-state index contributed by atoms with van der Waals surface area (Å²) < 4.78 is 12.2. The Morgan fingerprint density at radius 1 is 1.28 bits per heavy atom. The molecule has 0 radical (unpaired) electrons. The second kappa shape index (κ2) is 7.06. The third-order valence-electron chi connectivity index (χ3n) is 3.53. The number of benzene rings is 1. The minimum Gasteiger partial charge on any atom is -0.465 e. The topological polar surface area (TPSA) is 83.0 Å². The lowest BCUT2D eigenvalue weighted by Crippen LogP contribution is -2.15. The number of rotatable bonds is 5. The van der Waals surface area contributed by atoms with E-state index in [1.165, 1.54) is 4.68 Å². The molecule has 130 valence electrons. The molecule has 3 rings (SSSR count). The standard InChI is InChI=1S/C17H17ClN4O3/c1-4-24-13(23)9-22-15(14(18)11(3)21-22)17-20-19-16(25-17)12-7-5-6-10(2)8-12/h5-8H,4,9H2,1-3H3. The van der Waals surface area contributed by atoms with Gasteiger partial charge in [-0.25, -0.2) is 4.68 Å². The number of carbonyl (C=O) groups excluding carboxylic acids is 1. The first kappa shape index (κ1) is 17.2. The van der Waals surface area contributed by atoms with E-state index in [2.05, 4.69) is 15.3 Å². The minimum absolute atomic E-state index is 0.0844. The monoisotopic (exact) mass is 360 g/mol. The predicted molar refractivity (Wildman–Crippen MR) is 92.1 cm³/mol. The molecule has 0 atom stereocenters. The van der Waals surface area contributed by atoms with E-state index >= 15 is 0 Å². The maximum atomic E-state index is 11.8. The van der Waals surface area contributed by atoms with Crippen molar-refractivity contribution in [3.63, 3.8) is 0 Å². The van der Waals surface area contributed by atoms with Crippen molar-refractivity contribution < 1.29 is 13.9 Å². The predicted octanol–water partition coefficient (Wildman–Crippen LogP) is 3.43. The molecule has 2 aromatic heterocycles. The first-order valence-corrected chi connectivity index (χ1v) is 8.16. The van der Waals surface area contributed by atoms with Gasteiger partial charge >= 0.3 is 5.97 Å². The van der Waals surface area contributed by atoms with Gasteiger partial charge in [0.15, 0.2) is 0 Å². The Bertz CT molecular complexity index is 917. The van der Waals surface area contributed by atoms with Crippen LogP contribution >= 0.6 is 11.6 Å². The quantitative estimate of drug-likeness (QED) is 0.648. The number of nitrogens with zero attached hydrogens (tertiary/aromatic N) is 4. The number of hydrogen-bond acceptors (Lipinski definition) is 6. The van der Waals surface area contributed by atoms with Crippen molar-refractivity contribution in [2.75, 3.05) is 6.61 Å². The molecule has 0 fully saturated rings.